The summed E-state index contributed by atoms with van der Waals surface area (Å²) in [6.45, 7) is 0. The monoisotopic (exact) mass is 318 g/mol. The highest BCUT2D eigenvalue weighted by atomic mass is 16.1. The molecule has 0 bridgehead atoms. The molecule has 1 aliphatic carbocycles. The molecule has 2 aromatic heterocycles. The molecular weight excluding hydrogens is 300 g/mol. The molecule has 1 amide bonds. The lowest BCUT2D eigenvalue weighted by Gasteiger charge is -2.04. The second-order valence-electron chi connectivity index (χ2n) is 6.15. The van der Waals surface area contributed by atoms with Crippen molar-refractivity contribution in [1.82, 2.24) is 15.2 Å². The molecule has 3 aromatic rings. The van der Waals surface area contributed by atoms with Crippen LogP contribution in [0.3, 0.4) is 0 Å². The minimum Gasteiger partial charge on any atom is -0.309 e. The van der Waals surface area contributed by atoms with Gasteiger partial charge in [0.1, 0.15) is 0 Å². The van der Waals surface area contributed by atoms with Crippen molar-refractivity contribution in [3.8, 4) is 11.1 Å². The van der Waals surface area contributed by atoms with E-state index in [4.69, 9.17) is 0 Å². The number of rotatable bonds is 5. The van der Waals surface area contributed by atoms with Gasteiger partial charge >= 0.3 is 0 Å². The molecule has 1 saturated carbocycles. The van der Waals surface area contributed by atoms with Crippen LogP contribution < -0.4 is 5.32 Å². The highest BCUT2D eigenvalue weighted by Crippen LogP contribution is 2.39. The predicted molar refractivity (Wildman–Crippen MR) is 92.6 cm³/mol. The fraction of sp³-hybridized carbons (Fsp3) is 0.211. The van der Waals surface area contributed by atoms with Gasteiger partial charge in [0.2, 0.25) is 5.91 Å². The minimum atomic E-state index is -0.0574. The van der Waals surface area contributed by atoms with Crippen LogP contribution in [0.5, 0.6) is 0 Å². The van der Waals surface area contributed by atoms with Crippen molar-refractivity contribution in [3.05, 3.63) is 66.1 Å². The molecule has 1 aromatic carbocycles. The molecule has 120 valence electrons. The van der Waals surface area contributed by atoms with Gasteiger partial charge in [0.25, 0.3) is 0 Å². The summed E-state index contributed by atoms with van der Waals surface area (Å²) in [6.07, 6.45) is 6.33. The normalized spacial score (nSPS) is 13.7. The molecule has 0 unspecified atom stereocenters. The zero-order valence-electron chi connectivity index (χ0n) is 13.2. The van der Waals surface area contributed by atoms with Crippen molar-refractivity contribution < 1.29 is 4.79 Å². The topological polar surface area (TPSA) is 70.7 Å². The molecular formula is C19H18N4O. The predicted octanol–water partition coefficient (Wildman–Crippen LogP) is 3.53. The van der Waals surface area contributed by atoms with E-state index in [1.165, 1.54) is 12.8 Å². The van der Waals surface area contributed by atoms with Gasteiger partial charge in [-0.05, 0) is 35.6 Å². The lowest BCUT2D eigenvalue weighted by atomic mass is 10.0. The largest absolute Gasteiger partial charge is 0.309 e. The maximum atomic E-state index is 12.2. The van der Waals surface area contributed by atoms with Gasteiger partial charge in [-0.25, -0.2) is 0 Å². The van der Waals surface area contributed by atoms with Crippen LogP contribution in [0.25, 0.3) is 11.1 Å². The fourth-order valence-corrected chi connectivity index (χ4v) is 2.73. The molecule has 2 heterocycles. The first kappa shape index (κ1) is 14.6. The van der Waals surface area contributed by atoms with Gasteiger partial charge < -0.3 is 5.32 Å². The molecule has 0 atom stereocenters. The average molecular weight is 318 g/mol. The number of nitrogens with one attached hydrogen (secondary N) is 2. The van der Waals surface area contributed by atoms with Crippen LogP contribution in [-0.2, 0) is 11.2 Å². The third kappa shape index (κ3) is 3.35. The first-order chi connectivity index (χ1) is 11.8. The van der Waals surface area contributed by atoms with E-state index >= 15 is 0 Å². The summed E-state index contributed by atoms with van der Waals surface area (Å²) in [4.78, 5) is 16.3. The number of hydrogen-bond acceptors (Lipinski definition) is 3. The SMILES string of the molecule is O=C(Cc1ccc(-c2cccnc2)cc1)Nc1cc(C2CC2)[nH]n1. The van der Waals surface area contributed by atoms with Crippen LogP contribution in [0, 0.1) is 0 Å². The number of benzene rings is 1. The van der Waals surface area contributed by atoms with E-state index in [2.05, 4.69) is 20.5 Å². The van der Waals surface area contributed by atoms with Crippen molar-refractivity contribution in [3.63, 3.8) is 0 Å². The zero-order valence-corrected chi connectivity index (χ0v) is 13.2. The molecule has 4 rings (SSSR count). The molecule has 2 N–H and O–H groups in total. The molecule has 1 fully saturated rings. The van der Waals surface area contributed by atoms with Crippen molar-refractivity contribution in [2.24, 2.45) is 0 Å². The summed E-state index contributed by atoms with van der Waals surface area (Å²) in [5, 5.41) is 9.99. The summed E-state index contributed by atoms with van der Waals surface area (Å²) in [5.74, 6) is 1.15. The summed E-state index contributed by atoms with van der Waals surface area (Å²) in [7, 11) is 0. The Hall–Kier alpha value is -2.95. The van der Waals surface area contributed by atoms with E-state index in [-0.39, 0.29) is 5.91 Å². The smallest absolute Gasteiger partial charge is 0.229 e. The average Bonchev–Trinajstić information content (AvgIpc) is 3.36. The van der Waals surface area contributed by atoms with Gasteiger partial charge in [0, 0.05) is 30.1 Å². The molecule has 0 radical (unpaired) electrons. The maximum absolute atomic E-state index is 12.2. The van der Waals surface area contributed by atoms with Gasteiger partial charge in [-0.2, -0.15) is 5.10 Å². The summed E-state index contributed by atoms with van der Waals surface area (Å²) in [5.41, 5.74) is 4.25. The van der Waals surface area contributed by atoms with Crippen LogP contribution >= 0.6 is 0 Å². The van der Waals surface area contributed by atoms with E-state index in [1.54, 1.807) is 6.20 Å². The lowest BCUT2D eigenvalue weighted by molar-refractivity contribution is -0.115. The number of carbonyl (C=O) groups excluding carboxylic acids is 1. The number of aromatic amines is 1. The standard InChI is InChI=1S/C19H18N4O/c24-19(21-18-11-17(22-23-18)15-7-8-15)10-13-3-5-14(6-4-13)16-2-1-9-20-12-16/h1-6,9,11-12,15H,7-8,10H2,(H2,21,22,23,24). The molecule has 0 saturated heterocycles. The Morgan fingerprint density at radius 1 is 1.17 bits per heavy atom. The van der Waals surface area contributed by atoms with Gasteiger partial charge in [0.15, 0.2) is 5.82 Å². The summed E-state index contributed by atoms with van der Waals surface area (Å²) in [6, 6.07) is 13.8. The van der Waals surface area contributed by atoms with Crippen LogP contribution in [0.1, 0.15) is 30.0 Å². The lowest BCUT2D eigenvalue weighted by Crippen LogP contribution is -2.14. The number of amides is 1. The van der Waals surface area contributed by atoms with Gasteiger partial charge in [-0.3, -0.25) is 14.9 Å². The number of H-pyrrole nitrogens is 1. The van der Waals surface area contributed by atoms with Gasteiger partial charge in [0.05, 0.1) is 6.42 Å². The van der Waals surface area contributed by atoms with E-state index in [9.17, 15) is 4.79 Å². The summed E-state index contributed by atoms with van der Waals surface area (Å²) < 4.78 is 0. The second kappa shape index (κ2) is 6.28. The first-order valence-corrected chi connectivity index (χ1v) is 8.12. The highest BCUT2D eigenvalue weighted by Gasteiger charge is 2.25. The highest BCUT2D eigenvalue weighted by molar-refractivity contribution is 5.91. The van der Waals surface area contributed by atoms with Crippen molar-refractivity contribution in [2.75, 3.05) is 5.32 Å². The van der Waals surface area contributed by atoms with Crippen LogP contribution in [-0.4, -0.2) is 21.1 Å². The Bertz CT molecular complexity index is 835. The Balaban J connectivity index is 1.38. The maximum Gasteiger partial charge on any atom is 0.229 e. The quantitative estimate of drug-likeness (QED) is 0.756. The van der Waals surface area contributed by atoms with E-state index in [0.29, 0.717) is 18.2 Å². The number of nitrogens with zero attached hydrogens (tertiary/aromatic N) is 2. The Kier molecular flexibility index (Phi) is 3.83. The Morgan fingerprint density at radius 2 is 2.00 bits per heavy atom. The third-order valence-corrected chi connectivity index (χ3v) is 4.20. The number of carbonyl (C=O) groups is 1. The van der Waals surface area contributed by atoms with Crippen molar-refractivity contribution in [1.29, 1.82) is 0 Å². The Labute approximate surface area is 140 Å². The molecule has 0 spiro atoms. The fourth-order valence-electron chi connectivity index (χ4n) is 2.73. The van der Waals surface area contributed by atoms with Gasteiger partial charge in [-0.15, -0.1) is 0 Å². The van der Waals surface area contributed by atoms with Crippen LogP contribution in [0.2, 0.25) is 0 Å². The molecule has 5 nitrogen and oxygen atoms in total. The number of hydrogen-bond donors (Lipinski definition) is 2. The molecule has 5 heteroatoms. The second-order valence-corrected chi connectivity index (χ2v) is 6.15. The first-order valence-electron chi connectivity index (χ1n) is 8.12. The number of aromatic nitrogens is 3. The molecule has 0 aliphatic heterocycles. The van der Waals surface area contributed by atoms with E-state index in [1.807, 2.05) is 48.7 Å². The third-order valence-electron chi connectivity index (χ3n) is 4.20. The number of anilines is 1. The van der Waals surface area contributed by atoms with Crippen molar-refractivity contribution >= 4 is 11.7 Å². The Morgan fingerprint density at radius 3 is 2.71 bits per heavy atom. The summed E-state index contributed by atoms with van der Waals surface area (Å²) >= 11 is 0. The van der Waals surface area contributed by atoms with E-state index in [0.717, 1.165) is 22.4 Å². The minimum absolute atomic E-state index is 0.0574. The molecule has 24 heavy (non-hydrogen) atoms. The van der Waals surface area contributed by atoms with Crippen LogP contribution in [0.4, 0.5) is 5.82 Å². The van der Waals surface area contributed by atoms with Crippen LogP contribution in [0.15, 0.2) is 54.9 Å². The van der Waals surface area contributed by atoms with Gasteiger partial charge in [-0.1, -0.05) is 30.3 Å². The van der Waals surface area contributed by atoms with Crippen molar-refractivity contribution in [2.45, 2.75) is 25.2 Å². The zero-order chi connectivity index (χ0) is 16.4. The molecule has 1 aliphatic rings. The number of pyridine rings is 1. The van der Waals surface area contributed by atoms with E-state index < -0.39 is 0 Å².